The van der Waals surface area contributed by atoms with Gasteiger partial charge < -0.3 is 4.90 Å². The lowest BCUT2D eigenvalue weighted by Gasteiger charge is -2.30. The van der Waals surface area contributed by atoms with Crippen molar-refractivity contribution in [2.45, 2.75) is 32.4 Å². The van der Waals surface area contributed by atoms with Crippen LogP contribution in [-0.4, -0.2) is 48.6 Å². The first-order valence-corrected chi connectivity index (χ1v) is 5.22. The quantitative estimate of drug-likeness (QED) is 0.598. The monoisotopic (exact) mass is 182 g/mol. The van der Waals surface area contributed by atoms with Crippen molar-refractivity contribution in [3.8, 4) is 0 Å². The Morgan fingerprint density at radius 2 is 2.08 bits per heavy atom. The van der Waals surface area contributed by atoms with Gasteiger partial charge in [-0.25, -0.2) is 0 Å². The van der Waals surface area contributed by atoms with E-state index >= 15 is 0 Å². The highest BCUT2D eigenvalue weighted by molar-refractivity contribution is 4.88. The van der Waals surface area contributed by atoms with Crippen molar-refractivity contribution in [3.63, 3.8) is 0 Å². The van der Waals surface area contributed by atoms with Crippen LogP contribution < -0.4 is 0 Å². The summed E-state index contributed by atoms with van der Waals surface area (Å²) >= 11 is 0. The largest absolute Gasteiger partial charge is 0.305 e. The Morgan fingerprint density at radius 3 is 2.69 bits per heavy atom. The van der Waals surface area contributed by atoms with E-state index in [-0.39, 0.29) is 0 Å². The number of hydrogen-bond acceptors (Lipinski definition) is 2. The first kappa shape index (κ1) is 10.7. The van der Waals surface area contributed by atoms with E-state index in [1.807, 2.05) is 6.08 Å². The van der Waals surface area contributed by atoms with Crippen LogP contribution in [-0.2, 0) is 0 Å². The molecule has 0 aromatic heterocycles. The fourth-order valence-corrected chi connectivity index (χ4v) is 1.93. The fourth-order valence-electron chi connectivity index (χ4n) is 1.93. The molecule has 1 rings (SSSR count). The molecule has 1 heterocycles. The van der Waals surface area contributed by atoms with Crippen molar-refractivity contribution in [1.82, 2.24) is 9.80 Å². The molecule has 0 aromatic rings. The third-order valence-corrected chi connectivity index (χ3v) is 3.10. The molecule has 2 nitrogen and oxygen atoms in total. The summed E-state index contributed by atoms with van der Waals surface area (Å²) in [6.45, 7) is 12.0. The van der Waals surface area contributed by atoms with Crippen LogP contribution in [0.25, 0.3) is 0 Å². The highest BCUT2D eigenvalue weighted by Gasteiger charge is 2.21. The molecule has 1 aliphatic rings. The molecular weight excluding hydrogens is 160 g/mol. The molecule has 0 N–H and O–H groups in total. The van der Waals surface area contributed by atoms with Gasteiger partial charge in [-0.1, -0.05) is 6.08 Å². The average Bonchev–Trinajstić information content (AvgIpc) is 2.28. The van der Waals surface area contributed by atoms with Crippen LogP contribution in [0.4, 0.5) is 0 Å². The van der Waals surface area contributed by atoms with Crippen molar-refractivity contribution >= 4 is 0 Å². The summed E-state index contributed by atoms with van der Waals surface area (Å²) in [5, 5.41) is 0. The molecule has 1 aliphatic heterocycles. The summed E-state index contributed by atoms with van der Waals surface area (Å²) in [4.78, 5) is 4.95. The van der Waals surface area contributed by atoms with Crippen molar-refractivity contribution < 1.29 is 0 Å². The van der Waals surface area contributed by atoms with Gasteiger partial charge in [0.25, 0.3) is 0 Å². The summed E-state index contributed by atoms with van der Waals surface area (Å²) in [6, 6.07) is 1.21. The number of rotatable bonds is 2. The number of likely N-dealkylation sites (N-methyl/N-ethyl adjacent to an activating group) is 1. The number of nitrogens with zero attached hydrogens (tertiary/aromatic N) is 2. The maximum atomic E-state index is 3.86. The third kappa shape index (κ3) is 2.82. The van der Waals surface area contributed by atoms with E-state index < -0.39 is 0 Å². The van der Waals surface area contributed by atoms with Crippen LogP contribution in [0.5, 0.6) is 0 Å². The van der Waals surface area contributed by atoms with Crippen LogP contribution in [0.3, 0.4) is 0 Å². The first-order valence-electron chi connectivity index (χ1n) is 5.22. The highest BCUT2D eigenvalue weighted by Crippen LogP contribution is 2.13. The molecule has 1 fully saturated rings. The second-order valence-electron chi connectivity index (χ2n) is 4.16. The SMILES string of the molecule is C=CC(C)N1CCN(C)CCC1C. The summed E-state index contributed by atoms with van der Waals surface area (Å²) < 4.78 is 0. The topological polar surface area (TPSA) is 6.48 Å². The molecule has 13 heavy (non-hydrogen) atoms. The van der Waals surface area contributed by atoms with Crippen LogP contribution in [0.15, 0.2) is 12.7 Å². The van der Waals surface area contributed by atoms with Crippen LogP contribution in [0.2, 0.25) is 0 Å². The predicted octanol–water partition coefficient (Wildman–Crippen LogP) is 1.59. The maximum Gasteiger partial charge on any atom is 0.0250 e. The standard InChI is InChI=1S/C11H22N2/c1-5-10(2)13-9-8-12(4)7-6-11(13)3/h5,10-11H,1,6-9H2,2-4H3. The lowest BCUT2D eigenvalue weighted by atomic mass is 10.1. The van der Waals surface area contributed by atoms with Gasteiger partial charge in [0.05, 0.1) is 0 Å². The molecule has 0 radical (unpaired) electrons. The minimum atomic E-state index is 0.515. The van der Waals surface area contributed by atoms with Crippen LogP contribution in [0.1, 0.15) is 20.3 Å². The van der Waals surface area contributed by atoms with E-state index in [0.29, 0.717) is 12.1 Å². The maximum absolute atomic E-state index is 3.86. The zero-order chi connectivity index (χ0) is 9.84. The van der Waals surface area contributed by atoms with E-state index in [1.54, 1.807) is 0 Å². The van der Waals surface area contributed by atoms with Gasteiger partial charge in [-0.3, -0.25) is 4.90 Å². The normalized spacial score (nSPS) is 29.6. The lowest BCUT2D eigenvalue weighted by molar-refractivity contribution is 0.188. The molecule has 0 aromatic carbocycles. The molecule has 0 aliphatic carbocycles. The average molecular weight is 182 g/mol. The van der Waals surface area contributed by atoms with Gasteiger partial charge in [-0.2, -0.15) is 0 Å². The van der Waals surface area contributed by atoms with Crippen LogP contribution in [0, 0.1) is 0 Å². The molecule has 0 spiro atoms. The summed E-state index contributed by atoms with van der Waals surface area (Å²) in [5.41, 5.74) is 0. The molecule has 2 heteroatoms. The van der Waals surface area contributed by atoms with E-state index in [4.69, 9.17) is 0 Å². The van der Waals surface area contributed by atoms with Crippen molar-refractivity contribution in [1.29, 1.82) is 0 Å². The van der Waals surface area contributed by atoms with Gasteiger partial charge in [0, 0.05) is 25.2 Å². The van der Waals surface area contributed by atoms with Crippen molar-refractivity contribution in [2.24, 2.45) is 0 Å². The number of hydrogen-bond donors (Lipinski definition) is 0. The Bertz CT molecular complexity index is 167. The molecule has 76 valence electrons. The molecule has 0 amide bonds. The van der Waals surface area contributed by atoms with Crippen molar-refractivity contribution in [3.05, 3.63) is 12.7 Å². The summed E-state index contributed by atoms with van der Waals surface area (Å²) in [6.07, 6.45) is 3.32. The Morgan fingerprint density at radius 1 is 1.38 bits per heavy atom. The smallest absolute Gasteiger partial charge is 0.0250 e. The zero-order valence-corrected chi connectivity index (χ0v) is 9.16. The molecule has 1 saturated heterocycles. The summed E-state index contributed by atoms with van der Waals surface area (Å²) in [5.74, 6) is 0. The predicted molar refractivity (Wildman–Crippen MR) is 57.9 cm³/mol. The molecule has 0 bridgehead atoms. The van der Waals surface area contributed by atoms with Gasteiger partial charge >= 0.3 is 0 Å². The van der Waals surface area contributed by atoms with Gasteiger partial charge in [0.1, 0.15) is 0 Å². The molecule has 2 unspecified atom stereocenters. The van der Waals surface area contributed by atoms with E-state index in [1.165, 1.54) is 26.1 Å². The second kappa shape index (κ2) is 4.77. The molecule has 0 saturated carbocycles. The van der Waals surface area contributed by atoms with Gasteiger partial charge in [0.15, 0.2) is 0 Å². The van der Waals surface area contributed by atoms with Crippen molar-refractivity contribution in [2.75, 3.05) is 26.7 Å². The Hall–Kier alpha value is -0.340. The van der Waals surface area contributed by atoms with Crippen LogP contribution >= 0.6 is 0 Å². The first-order chi connectivity index (χ1) is 6.15. The van der Waals surface area contributed by atoms with Gasteiger partial charge in [0.2, 0.25) is 0 Å². The Kier molecular flexibility index (Phi) is 3.94. The van der Waals surface area contributed by atoms with E-state index in [0.717, 1.165) is 0 Å². The lowest BCUT2D eigenvalue weighted by Crippen LogP contribution is -2.40. The Labute approximate surface area is 82.2 Å². The second-order valence-corrected chi connectivity index (χ2v) is 4.16. The minimum Gasteiger partial charge on any atom is -0.305 e. The summed E-state index contributed by atoms with van der Waals surface area (Å²) in [7, 11) is 2.20. The minimum absolute atomic E-state index is 0.515. The Balaban J connectivity index is 2.56. The van der Waals surface area contributed by atoms with E-state index in [9.17, 15) is 0 Å². The molecular formula is C11H22N2. The van der Waals surface area contributed by atoms with Gasteiger partial charge in [-0.05, 0) is 33.9 Å². The fraction of sp³-hybridized carbons (Fsp3) is 0.818. The highest BCUT2D eigenvalue weighted by atomic mass is 15.2. The van der Waals surface area contributed by atoms with E-state index in [2.05, 4.69) is 37.3 Å². The molecule has 2 atom stereocenters. The zero-order valence-electron chi connectivity index (χ0n) is 9.16. The van der Waals surface area contributed by atoms with Gasteiger partial charge in [-0.15, -0.1) is 6.58 Å². The third-order valence-electron chi connectivity index (χ3n) is 3.10.